The number of nitrogens with zero attached hydrogens (tertiary/aromatic N) is 3. The van der Waals surface area contributed by atoms with E-state index in [9.17, 15) is 0 Å². The van der Waals surface area contributed by atoms with Crippen molar-refractivity contribution >= 4 is 55.6 Å². The molecule has 1 aromatic carbocycles. The van der Waals surface area contributed by atoms with Gasteiger partial charge < -0.3 is 11.1 Å². The van der Waals surface area contributed by atoms with E-state index in [1.54, 1.807) is 6.20 Å². The molecule has 0 amide bonds. The minimum absolute atomic E-state index is 0.221. The molecule has 0 aliphatic rings. The van der Waals surface area contributed by atoms with Crippen LogP contribution in [0, 0.1) is 0 Å². The topological polar surface area (TPSA) is 76.7 Å². The fraction of sp³-hybridized carbons (Fsp3) is 0. The zero-order valence-corrected chi connectivity index (χ0v) is 12.5. The number of anilines is 3. The van der Waals surface area contributed by atoms with E-state index in [1.165, 1.54) is 6.33 Å². The Morgan fingerprint density at radius 2 is 2.05 bits per heavy atom. The first-order valence-electron chi connectivity index (χ1n) is 5.72. The molecule has 5 nitrogen and oxygen atoms in total. The van der Waals surface area contributed by atoms with Crippen LogP contribution in [0.2, 0.25) is 5.15 Å². The normalized spacial score (nSPS) is 10.7. The summed E-state index contributed by atoms with van der Waals surface area (Å²) in [5.41, 5.74) is 7.79. The van der Waals surface area contributed by atoms with E-state index < -0.39 is 0 Å². The van der Waals surface area contributed by atoms with Gasteiger partial charge in [0.1, 0.15) is 12.0 Å². The molecule has 0 saturated heterocycles. The molecule has 0 aliphatic heterocycles. The molecule has 100 valence electrons. The number of rotatable bonds is 2. The molecule has 3 aromatic rings. The summed E-state index contributed by atoms with van der Waals surface area (Å²) in [4.78, 5) is 12.3. The molecular weight excluding hydrogens is 342 g/mol. The maximum absolute atomic E-state index is 5.88. The monoisotopic (exact) mass is 349 g/mol. The summed E-state index contributed by atoms with van der Waals surface area (Å²) in [5.74, 6) is 0.460. The largest absolute Gasteiger partial charge is 0.393 e. The first kappa shape index (κ1) is 13.1. The molecule has 0 aliphatic carbocycles. The van der Waals surface area contributed by atoms with E-state index in [4.69, 9.17) is 17.3 Å². The van der Waals surface area contributed by atoms with Gasteiger partial charge in [0.05, 0.1) is 11.2 Å². The van der Waals surface area contributed by atoms with Crippen molar-refractivity contribution in [1.29, 1.82) is 0 Å². The molecule has 0 fully saturated rings. The lowest BCUT2D eigenvalue weighted by atomic mass is 10.2. The second-order valence-corrected chi connectivity index (χ2v) is 5.36. The van der Waals surface area contributed by atoms with Crippen molar-refractivity contribution in [1.82, 2.24) is 15.0 Å². The lowest BCUT2D eigenvalue weighted by Gasteiger charge is -2.10. The molecule has 3 N–H and O–H groups in total. The zero-order valence-electron chi connectivity index (χ0n) is 10.1. The molecule has 0 saturated carbocycles. The van der Waals surface area contributed by atoms with Crippen LogP contribution < -0.4 is 11.1 Å². The van der Waals surface area contributed by atoms with Crippen molar-refractivity contribution in [3.8, 4) is 0 Å². The third-order valence-corrected chi connectivity index (χ3v) is 3.50. The van der Waals surface area contributed by atoms with Crippen molar-refractivity contribution in [3.63, 3.8) is 0 Å². The minimum Gasteiger partial charge on any atom is -0.393 e. The Labute approximate surface area is 128 Å². The SMILES string of the molecule is Nc1c(Cl)ncnc1Nc1cccc2cc(Br)cnc12. The third kappa shape index (κ3) is 2.39. The van der Waals surface area contributed by atoms with Gasteiger partial charge in [-0.1, -0.05) is 23.7 Å². The molecule has 0 atom stereocenters. The standard InChI is InChI=1S/C13H9BrClN5/c14-8-4-7-2-1-3-9(11(7)17-5-8)20-13-10(16)12(15)18-6-19-13/h1-6H,16H2,(H,18,19,20). The van der Waals surface area contributed by atoms with Crippen LogP contribution in [0.1, 0.15) is 0 Å². The average molecular weight is 351 g/mol. The van der Waals surface area contributed by atoms with Crippen LogP contribution in [0.3, 0.4) is 0 Å². The second kappa shape index (κ2) is 5.22. The number of nitrogens with two attached hydrogens (primary N) is 1. The number of hydrogen-bond acceptors (Lipinski definition) is 5. The van der Waals surface area contributed by atoms with Crippen molar-refractivity contribution < 1.29 is 0 Å². The van der Waals surface area contributed by atoms with Crippen LogP contribution in [-0.4, -0.2) is 15.0 Å². The lowest BCUT2D eigenvalue weighted by Crippen LogP contribution is -2.01. The van der Waals surface area contributed by atoms with Gasteiger partial charge in [-0.25, -0.2) is 9.97 Å². The number of fused-ring (bicyclic) bond motifs is 1. The van der Waals surface area contributed by atoms with Gasteiger partial charge in [0, 0.05) is 16.1 Å². The number of para-hydroxylation sites is 1. The Bertz CT molecular complexity index is 793. The van der Waals surface area contributed by atoms with Gasteiger partial charge in [-0.2, -0.15) is 0 Å². The Kier molecular flexibility index (Phi) is 3.42. The Morgan fingerprint density at radius 3 is 2.90 bits per heavy atom. The summed E-state index contributed by atoms with van der Waals surface area (Å²) in [6.45, 7) is 0. The molecule has 3 rings (SSSR count). The van der Waals surface area contributed by atoms with Crippen LogP contribution in [-0.2, 0) is 0 Å². The van der Waals surface area contributed by atoms with Crippen LogP contribution >= 0.6 is 27.5 Å². The maximum atomic E-state index is 5.88. The van der Waals surface area contributed by atoms with E-state index >= 15 is 0 Å². The van der Waals surface area contributed by atoms with Gasteiger partial charge in [-0.15, -0.1) is 0 Å². The lowest BCUT2D eigenvalue weighted by molar-refractivity contribution is 1.17. The average Bonchev–Trinajstić information content (AvgIpc) is 2.44. The molecule has 0 unspecified atom stereocenters. The minimum atomic E-state index is 0.221. The van der Waals surface area contributed by atoms with Gasteiger partial charge in [-0.05, 0) is 28.1 Å². The fourth-order valence-electron chi connectivity index (χ4n) is 1.84. The number of nitrogen functional groups attached to an aromatic ring is 1. The van der Waals surface area contributed by atoms with Crippen LogP contribution in [0.25, 0.3) is 10.9 Å². The first-order chi connectivity index (χ1) is 9.65. The smallest absolute Gasteiger partial charge is 0.158 e. The molecule has 2 aromatic heterocycles. The van der Waals surface area contributed by atoms with E-state index in [1.807, 2.05) is 24.3 Å². The number of nitrogens with one attached hydrogen (secondary N) is 1. The highest BCUT2D eigenvalue weighted by Gasteiger charge is 2.09. The van der Waals surface area contributed by atoms with Crippen molar-refractivity contribution in [3.05, 3.63) is 46.4 Å². The molecule has 2 heterocycles. The van der Waals surface area contributed by atoms with E-state index in [-0.39, 0.29) is 5.15 Å². The Hall–Kier alpha value is -1.92. The summed E-state index contributed by atoms with van der Waals surface area (Å²) < 4.78 is 0.923. The van der Waals surface area contributed by atoms with Crippen molar-refractivity contribution in [2.24, 2.45) is 0 Å². The van der Waals surface area contributed by atoms with E-state index in [0.29, 0.717) is 11.5 Å². The quantitative estimate of drug-likeness (QED) is 0.688. The number of hydrogen-bond donors (Lipinski definition) is 2. The summed E-state index contributed by atoms with van der Waals surface area (Å²) in [6, 6.07) is 7.80. The van der Waals surface area contributed by atoms with Crippen molar-refractivity contribution in [2.75, 3.05) is 11.1 Å². The molecule has 20 heavy (non-hydrogen) atoms. The summed E-state index contributed by atoms with van der Waals surface area (Å²) in [5, 5.41) is 4.36. The number of halogens is 2. The van der Waals surface area contributed by atoms with E-state index in [2.05, 4.69) is 36.2 Å². The van der Waals surface area contributed by atoms with Crippen LogP contribution in [0.15, 0.2) is 41.3 Å². The number of aromatic nitrogens is 3. The zero-order chi connectivity index (χ0) is 14.1. The highest BCUT2D eigenvalue weighted by atomic mass is 79.9. The Balaban J connectivity index is 2.09. The second-order valence-electron chi connectivity index (χ2n) is 4.08. The summed E-state index contributed by atoms with van der Waals surface area (Å²) in [7, 11) is 0. The van der Waals surface area contributed by atoms with Gasteiger partial charge in [-0.3, -0.25) is 4.98 Å². The molecule has 0 radical (unpaired) electrons. The summed E-state index contributed by atoms with van der Waals surface area (Å²) in [6.07, 6.45) is 3.10. The van der Waals surface area contributed by atoms with Crippen LogP contribution in [0.4, 0.5) is 17.2 Å². The molecular formula is C13H9BrClN5. The highest BCUT2D eigenvalue weighted by Crippen LogP contribution is 2.29. The maximum Gasteiger partial charge on any atom is 0.158 e. The van der Waals surface area contributed by atoms with E-state index in [0.717, 1.165) is 21.1 Å². The van der Waals surface area contributed by atoms with Gasteiger partial charge >= 0.3 is 0 Å². The predicted molar refractivity (Wildman–Crippen MR) is 84.2 cm³/mol. The van der Waals surface area contributed by atoms with Gasteiger partial charge in [0.25, 0.3) is 0 Å². The van der Waals surface area contributed by atoms with Gasteiger partial charge in [0.15, 0.2) is 11.0 Å². The van der Waals surface area contributed by atoms with Crippen molar-refractivity contribution in [2.45, 2.75) is 0 Å². The highest BCUT2D eigenvalue weighted by molar-refractivity contribution is 9.10. The fourth-order valence-corrected chi connectivity index (χ4v) is 2.32. The first-order valence-corrected chi connectivity index (χ1v) is 6.89. The number of benzene rings is 1. The third-order valence-electron chi connectivity index (χ3n) is 2.77. The summed E-state index contributed by atoms with van der Waals surface area (Å²) >= 11 is 9.29. The predicted octanol–water partition coefficient (Wildman–Crippen LogP) is 3.77. The molecule has 0 bridgehead atoms. The molecule has 0 spiro atoms. The number of pyridine rings is 1. The van der Waals surface area contributed by atoms with Gasteiger partial charge in [0.2, 0.25) is 0 Å². The molecule has 7 heteroatoms. The Morgan fingerprint density at radius 1 is 1.20 bits per heavy atom. The van der Waals surface area contributed by atoms with Crippen LogP contribution in [0.5, 0.6) is 0 Å².